The first-order chi connectivity index (χ1) is 10.1. The molecule has 0 aliphatic rings. The Balaban J connectivity index is 2.06. The number of nitro benzene ring substituents is 1. The molecule has 0 aliphatic carbocycles. The van der Waals surface area contributed by atoms with E-state index in [4.69, 9.17) is 5.73 Å². The third-order valence-corrected chi connectivity index (χ3v) is 3.01. The van der Waals surface area contributed by atoms with Crippen LogP contribution in [0.15, 0.2) is 48.5 Å². The van der Waals surface area contributed by atoms with Gasteiger partial charge in [0.05, 0.1) is 11.3 Å². The van der Waals surface area contributed by atoms with Crippen LogP contribution < -0.4 is 11.1 Å². The number of non-ortho nitro benzene ring substituents is 1. The van der Waals surface area contributed by atoms with Crippen molar-refractivity contribution in [2.24, 2.45) is 5.73 Å². The van der Waals surface area contributed by atoms with E-state index in [1.807, 2.05) is 24.3 Å². The monoisotopic (exact) mass is 285 g/mol. The third kappa shape index (κ3) is 4.04. The topological polar surface area (TPSA) is 98.3 Å². The van der Waals surface area contributed by atoms with E-state index in [1.54, 1.807) is 12.1 Å². The average molecular weight is 285 g/mol. The van der Waals surface area contributed by atoms with Gasteiger partial charge < -0.3 is 11.1 Å². The van der Waals surface area contributed by atoms with E-state index in [1.165, 1.54) is 12.1 Å². The second kappa shape index (κ2) is 6.51. The van der Waals surface area contributed by atoms with Crippen LogP contribution in [0, 0.1) is 10.1 Å². The van der Waals surface area contributed by atoms with Crippen molar-refractivity contribution in [1.29, 1.82) is 0 Å². The van der Waals surface area contributed by atoms with Gasteiger partial charge in [0.2, 0.25) is 5.91 Å². The number of amides is 1. The van der Waals surface area contributed by atoms with Crippen molar-refractivity contribution in [3.05, 3.63) is 69.8 Å². The van der Waals surface area contributed by atoms with Crippen LogP contribution in [0.5, 0.6) is 0 Å². The zero-order chi connectivity index (χ0) is 15.2. The Labute approximate surface area is 121 Å². The molecule has 0 aliphatic heterocycles. The fourth-order valence-corrected chi connectivity index (χ4v) is 1.97. The van der Waals surface area contributed by atoms with E-state index >= 15 is 0 Å². The number of anilines is 1. The van der Waals surface area contributed by atoms with Gasteiger partial charge in [-0.15, -0.1) is 0 Å². The van der Waals surface area contributed by atoms with Gasteiger partial charge >= 0.3 is 0 Å². The molecule has 21 heavy (non-hydrogen) atoms. The number of para-hydroxylation sites is 1. The minimum Gasteiger partial charge on any atom is -0.381 e. The SMILES string of the molecule is NC(=O)Cc1ccccc1NCc1ccc([N+](=O)[O-])cc1. The summed E-state index contributed by atoms with van der Waals surface area (Å²) in [7, 11) is 0. The van der Waals surface area contributed by atoms with Gasteiger partial charge in [-0.2, -0.15) is 0 Å². The number of nitrogens with one attached hydrogen (secondary N) is 1. The number of hydrogen-bond donors (Lipinski definition) is 2. The lowest BCUT2D eigenvalue weighted by atomic mass is 10.1. The number of primary amides is 1. The van der Waals surface area contributed by atoms with Gasteiger partial charge in [0.1, 0.15) is 0 Å². The predicted molar refractivity (Wildman–Crippen MR) is 79.8 cm³/mol. The second-order valence-electron chi connectivity index (χ2n) is 4.58. The Hall–Kier alpha value is -2.89. The molecule has 6 heteroatoms. The number of hydrogen-bond acceptors (Lipinski definition) is 4. The first kappa shape index (κ1) is 14.5. The van der Waals surface area contributed by atoms with Crippen LogP contribution in [0.4, 0.5) is 11.4 Å². The highest BCUT2D eigenvalue weighted by molar-refractivity contribution is 5.78. The molecule has 3 N–H and O–H groups in total. The molecule has 1 amide bonds. The highest BCUT2D eigenvalue weighted by Gasteiger charge is 2.06. The van der Waals surface area contributed by atoms with Gasteiger partial charge in [0, 0.05) is 24.4 Å². The first-order valence-electron chi connectivity index (χ1n) is 6.39. The largest absolute Gasteiger partial charge is 0.381 e. The standard InChI is InChI=1S/C15H15N3O3/c16-15(19)9-12-3-1-2-4-14(12)17-10-11-5-7-13(8-6-11)18(20)21/h1-8,17H,9-10H2,(H2,16,19). The van der Waals surface area contributed by atoms with Gasteiger partial charge in [-0.3, -0.25) is 14.9 Å². The molecular formula is C15H15N3O3. The molecule has 0 aromatic heterocycles. The van der Waals surface area contributed by atoms with Crippen LogP contribution in [-0.4, -0.2) is 10.8 Å². The summed E-state index contributed by atoms with van der Waals surface area (Å²) in [4.78, 5) is 21.2. The zero-order valence-electron chi connectivity index (χ0n) is 11.3. The zero-order valence-corrected chi connectivity index (χ0v) is 11.3. The number of rotatable bonds is 6. The summed E-state index contributed by atoms with van der Waals surface area (Å²) in [5, 5.41) is 13.8. The lowest BCUT2D eigenvalue weighted by Gasteiger charge is -2.11. The Kier molecular flexibility index (Phi) is 4.50. The number of benzene rings is 2. The normalized spacial score (nSPS) is 10.1. The maximum absolute atomic E-state index is 11.0. The molecule has 2 rings (SSSR count). The molecule has 0 fully saturated rings. The highest BCUT2D eigenvalue weighted by Crippen LogP contribution is 2.18. The fourth-order valence-electron chi connectivity index (χ4n) is 1.97. The second-order valence-corrected chi connectivity index (χ2v) is 4.58. The van der Waals surface area contributed by atoms with Crippen molar-refractivity contribution < 1.29 is 9.72 Å². The Morgan fingerprint density at radius 1 is 1.14 bits per heavy atom. The Morgan fingerprint density at radius 3 is 2.43 bits per heavy atom. The minimum absolute atomic E-state index is 0.0629. The van der Waals surface area contributed by atoms with Gasteiger partial charge in [0.25, 0.3) is 5.69 Å². The molecule has 0 radical (unpaired) electrons. The van der Waals surface area contributed by atoms with E-state index in [-0.39, 0.29) is 18.0 Å². The number of nitrogens with zero attached hydrogens (tertiary/aromatic N) is 1. The summed E-state index contributed by atoms with van der Waals surface area (Å²) in [6, 6.07) is 13.7. The molecule has 0 saturated carbocycles. The Bertz CT molecular complexity index is 653. The van der Waals surface area contributed by atoms with E-state index in [0.29, 0.717) is 6.54 Å². The highest BCUT2D eigenvalue weighted by atomic mass is 16.6. The third-order valence-electron chi connectivity index (χ3n) is 3.01. The molecule has 0 saturated heterocycles. The quantitative estimate of drug-likeness (QED) is 0.628. The summed E-state index contributed by atoms with van der Waals surface area (Å²) in [5.74, 6) is -0.389. The van der Waals surface area contributed by atoms with Crippen molar-refractivity contribution in [3.63, 3.8) is 0 Å². The van der Waals surface area contributed by atoms with Crippen molar-refractivity contribution in [1.82, 2.24) is 0 Å². The number of carbonyl (C=O) groups is 1. The van der Waals surface area contributed by atoms with E-state index in [9.17, 15) is 14.9 Å². The van der Waals surface area contributed by atoms with Gasteiger partial charge in [0.15, 0.2) is 0 Å². The van der Waals surface area contributed by atoms with Crippen LogP contribution in [0.2, 0.25) is 0 Å². The van der Waals surface area contributed by atoms with Gasteiger partial charge in [-0.1, -0.05) is 30.3 Å². The first-order valence-corrected chi connectivity index (χ1v) is 6.39. The van der Waals surface area contributed by atoms with Crippen molar-refractivity contribution >= 4 is 17.3 Å². The average Bonchev–Trinajstić information content (AvgIpc) is 2.46. The summed E-state index contributed by atoms with van der Waals surface area (Å²) in [6.07, 6.45) is 0.170. The van der Waals surface area contributed by atoms with Crippen LogP contribution in [0.3, 0.4) is 0 Å². The van der Waals surface area contributed by atoms with E-state index in [0.717, 1.165) is 16.8 Å². The molecule has 0 atom stereocenters. The molecule has 0 spiro atoms. The smallest absolute Gasteiger partial charge is 0.269 e. The lowest BCUT2D eigenvalue weighted by molar-refractivity contribution is -0.384. The minimum atomic E-state index is -0.431. The molecular weight excluding hydrogens is 270 g/mol. The summed E-state index contributed by atoms with van der Waals surface area (Å²) in [6.45, 7) is 0.508. The molecule has 0 heterocycles. The number of nitrogens with two attached hydrogens (primary N) is 1. The van der Waals surface area contributed by atoms with Crippen molar-refractivity contribution in [3.8, 4) is 0 Å². The maximum Gasteiger partial charge on any atom is 0.269 e. The summed E-state index contributed by atoms with van der Waals surface area (Å²) in [5.41, 5.74) is 7.84. The van der Waals surface area contributed by atoms with Crippen LogP contribution in [-0.2, 0) is 17.8 Å². The molecule has 108 valence electrons. The Morgan fingerprint density at radius 2 is 1.81 bits per heavy atom. The summed E-state index contributed by atoms with van der Waals surface area (Å²) < 4.78 is 0. The molecule has 6 nitrogen and oxygen atoms in total. The number of nitro groups is 1. The fraction of sp³-hybridized carbons (Fsp3) is 0.133. The van der Waals surface area contributed by atoms with Crippen LogP contribution >= 0.6 is 0 Å². The van der Waals surface area contributed by atoms with Crippen LogP contribution in [0.25, 0.3) is 0 Å². The molecule has 2 aromatic carbocycles. The van der Waals surface area contributed by atoms with Crippen molar-refractivity contribution in [2.75, 3.05) is 5.32 Å². The predicted octanol–water partition coefficient (Wildman–Crippen LogP) is 2.23. The van der Waals surface area contributed by atoms with Crippen LogP contribution in [0.1, 0.15) is 11.1 Å². The van der Waals surface area contributed by atoms with Crippen molar-refractivity contribution in [2.45, 2.75) is 13.0 Å². The van der Waals surface area contributed by atoms with E-state index < -0.39 is 4.92 Å². The molecule has 0 bridgehead atoms. The van der Waals surface area contributed by atoms with E-state index in [2.05, 4.69) is 5.32 Å². The molecule has 2 aromatic rings. The van der Waals surface area contributed by atoms with Gasteiger partial charge in [-0.25, -0.2) is 0 Å². The van der Waals surface area contributed by atoms with Gasteiger partial charge in [-0.05, 0) is 17.2 Å². The maximum atomic E-state index is 11.0. The lowest BCUT2D eigenvalue weighted by Crippen LogP contribution is -2.15. The molecule has 0 unspecified atom stereocenters. The summed E-state index contributed by atoms with van der Waals surface area (Å²) >= 11 is 0. The number of carbonyl (C=O) groups excluding carboxylic acids is 1.